The van der Waals surface area contributed by atoms with E-state index in [0.717, 1.165) is 0 Å². The minimum atomic E-state index is -0.817. The van der Waals surface area contributed by atoms with Gasteiger partial charge in [0.05, 0.1) is 23.3 Å². The summed E-state index contributed by atoms with van der Waals surface area (Å²) in [7, 11) is 0. The molecular weight excluding hydrogens is 520 g/mol. The third kappa shape index (κ3) is 3.58. The Balaban J connectivity index is 1.68. The average molecular weight is 564 g/mol. The summed E-state index contributed by atoms with van der Waals surface area (Å²) in [5, 5.41) is -2.54. The number of hydrogen-bond acceptors (Lipinski definition) is 1. The molecular formula is C42H26O. The molecule has 0 radical (unpaired) electrons. The first-order valence-corrected chi connectivity index (χ1v) is 13.4. The maximum Gasteiger partial charge on any atom is 0.143 e. The predicted octanol–water partition coefficient (Wildman–Crippen LogP) is 12.0. The summed E-state index contributed by atoms with van der Waals surface area (Å²) in [5.74, 6) is 0.207. The summed E-state index contributed by atoms with van der Waals surface area (Å²) in [6, 6.07) is 3.33. The SMILES string of the molecule is [2H]c1c([2H])c([2H])c2c(-c3c([2H])c([2H])c([2H])c4c3c([2H])c([2H])c3c([2H])c([2H])c([2H])c([2H])c34)c3c([2H])c([2H])c([2H])c([2H])c3c(-c3c(-c4ccccc4)oc4ccccc34)c2c1[2H]. The van der Waals surface area contributed by atoms with Crippen LogP contribution in [0.25, 0.3) is 87.6 Å². The van der Waals surface area contributed by atoms with Gasteiger partial charge < -0.3 is 4.42 Å². The van der Waals surface area contributed by atoms with Gasteiger partial charge in [0.1, 0.15) is 11.3 Å². The summed E-state index contributed by atoms with van der Waals surface area (Å²) < 4.78 is 160. The van der Waals surface area contributed by atoms with Gasteiger partial charge in [-0.05, 0) is 60.3 Å². The molecule has 0 saturated heterocycles. The molecule has 0 bridgehead atoms. The zero-order chi connectivity index (χ0) is 43.1. The van der Waals surface area contributed by atoms with E-state index < -0.39 is 135 Å². The first kappa shape index (κ1) is 12.7. The van der Waals surface area contributed by atoms with Crippen molar-refractivity contribution in [3.05, 3.63) is 157 Å². The van der Waals surface area contributed by atoms with Crippen LogP contribution in [0.5, 0.6) is 0 Å². The Bertz CT molecular complexity index is 3370. The number of furan rings is 1. The minimum absolute atomic E-state index is 0.0579. The van der Waals surface area contributed by atoms with Crippen LogP contribution >= 0.6 is 0 Å². The molecule has 43 heavy (non-hydrogen) atoms. The van der Waals surface area contributed by atoms with Crippen LogP contribution in [0, 0.1) is 0 Å². The first-order chi connectivity index (χ1) is 28.4. The van der Waals surface area contributed by atoms with Crippen molar-refractivity contribution < 1.29 is 27.7 Å². The Labute approximate surface area is 273 Å². The van der Waals surface area contributed by atoms with Crippen molar-refractivity contribution >= 4 is 54.1 Å². The van der Waals surface area contributed by atoms with Crippen LogP contribution < -0.4 is 0 Å². The highest BCUT2D eigenvalue weighted by atomic mass is 16.3. The standard InChI is InChI=1S/C42H26O/c1-2-14-28(15-3-1)42-41(37-21-10-11-24-38(37)43-42)40-35-19-8-6-17-33(35)39(34-18-7-9-20-36(34)40)32-23-12-22-30-29-16-5-4-13-27(29)25-26-31(30)32/h1-26H/i4D,5D,6D,7D,8D,9D,12D,13D,16D,17D,18D,19D,20D,22D,23D,25D,26D. The molecule has 8 aromatic carbocycles. The summed E-state index contributed by atoms with van der Waals surface area (Å²) in [5.41, 5.74) is 0.115. The van der Waals surface area contributed by atoms with Crippen molar-refractivity contribution in [1.82, 2.24) is 0 Å². The molecule has 9 aromatic rings. The van der Waals surface area contributed by atoms with E-state index in [1.54, 1.807) is 54.6 Å². The number of fused-ring (bicyclic) bond motifs is 6. The summed E-state index contributed by atoms with van der Waals surface area (Å²) in [4.78, 5) is 0. The molecule has 1 heterocycles. The van der Waals surface area contributed by atoms with Crippen LogP contribution in [0.1, 0.15) is 23.3 Å². The quantitative estimate of drug-likeness (QED) is 0.154. The molecule has 0 aliphatic heterocycles. The van der Waals surface area contributed by atoms with Gasteiger partial charge in [-0.25, -0.2) is 0 Å². The second-order valence-corrected chi connectivity index (χ2v) is 9.92. The van der Waals surface area contributed by atoms with E-state index >= 15 is 0 Å². The highest BCUT2D eigenvalue weighted by Crippen LogP contribution is 2.50. The molecule has 1 aromatic heterocycles. The van der Waals surface area contributed by atoms with Crippen molar-refractivity contribution in [2.24, 2.45) is 0 Å². The van der Waals surface area contributed by atoms with Crippen molar-refractivity contribution in [3.63, 3.8) is 0 Å². The molecule has 0 spiro atoms. The van der Waals surface area contributed by atoms with Gasteiger partial charge in [0.15, 0.2) is 0 Å². The van der Waals surface area contributed by atoms with E-state index in [9.17, 15) is 8.22 Å². The minimum Gasteiger partial charge on any atom is -0.455 e. The third-order valence-electron chi connectivity index (χ3n) is 7.63. The fourth-order valence-corrected chi connectivity index (χ4v) is 5.84. The Morgan fingerprint density at radius 2 is 1.00 bits per heavy atom. The smallest absolute Gasteiger partial charge is 0.143 e. The van der Waals surface area contributed by atoms with E-state index in [-0.39, 0.29) is 38.4 Å². The normalized spacial score (nSPS) is 17.3. The lowest BCUT2D eigenvalue weighted by atomic mass is 9.83. The van der Waals surface area contributed by atoms with Crippen LogP contribution in [-0.4, -0.2) is 0 Å². The van der Waals surface area contributed by atoms with Gasteiger partial charge in [-0.3, -0.25) is 0 Å². The van der Waals surface area contributed by atoms with Gasteiger partial charge in [0.25, 0.3) is 0 Å². The highest BCUT2D eigenvalue weighted by molar-refractivity contribution is 6.27. The fraction of sp³-hybridized carbons (Fsp3) is 0. The molecule has 0 unspecified atom stereocenters. The molecule has 0 aliphatic rings. The van der Waals surface area contributed by atoms with E-state index in [1.807, 2.05) is 0 Å². The third-order valence-corrected chi connectivity index (χ3v) is 7.63. The van der Waals surface area contributed by atoms with Crippen molar-refractivity contribution in [3.8, 4) is 33.6 Å². The summed E-state index contributed by atoms with van der Waals surface area (Å²) in [6.45, 7) is 0. The molecule has 0 aliphatic carbocycles. The van der Waals surface area contributed by atoms with Crippen LogP contribution in [0.4, 0.5) is 0 Å². The molecule has 0 fully saturated rings. The largest absolute Gasteiger partial charge is 0.455 e. The van der Waals surface area contributed by atoms with Gasteiger partial charge in [0.2, 0.25) is 0 Å². The maximum absolute atomic E-state index is 9.50. The van der Waals surface area contributed by atoms with Crippen LogP contribution in [0.2, 0.25) is 0 Å². The lowest BCUT2D eigenvalue weighted by Gasteiger charge is -2.19. The molecule has 0 saturated carbocycles. The van der Waals surface area contributed by atoms with Crippen LogP contribution in [-0.2, 0) is 0 Å². The maximum atomic E-state index is 9.50. The second kappa shape index (κ2) is 9.44. The first-order valence-electron chi connectivity index (χ1n) is 21.9. The molecule has 0 atom stereocenters. The van der Waals surface area contributed by atoms with Gasteiger partial charge in [0, 0.05) is 22.1 Å². The molecule has 1 nitrogen and oxygen atoms in total. The number of benzene rings is 8. The Hall–Kier alpha value is -5.66. The van der Waals surface area contributed by atoms with Crippen molar-refractivity contribution in [2.75, 3.05) is 0 Å². The van der Waals surface area contributed by atoms with Gasteiger partial charge in [-0.15, -0.1) is 0 Å². The lowest BCUT2D eigenvalue weighted by Crippen LogP contribution is -1.92. The number of para-hydroxylation sites is 1. The Morgan fingerprint density at radius 1 is 0.395 bits per heavy atom. The molecule has 1 heteroatoms. The van der Waals surface area contributed by atoms with Gasteiger partial charge >= 0.3 is 0 Å². The second-order valence-electron chi connectivity index (χ2n) is 9.92. The Morgan fingerprint density at radius 3 is 1.74 bits per heavy atom. The Kier molecular flexibility index (Phi) is 2.79. The molecule has 9 rings (SSSR count). The topological polar surface area (TPSA) is 13.1 Å². The summed E-state index contributed by atoms with van der Waals surface area (Å²) >= 11 is 0. The van der Waals surface area contributed by atoms with E-state index in [4.69, 9.17) is 19.5 Å². The zero-order valence-electron chi connectivity index (χ0n) is 39.1. The zero-order valence-corrected chi connectivity index (χ0v) is 22.1. The van der Waals surface area contributed by atoms with Crippen LogP contribution in [0.3, 0.4) is 0 Å². The van der Waals surface area contributed by atoms with Gasteiger partial charge in [-0.1, -0.05) is 151 Å². The van der Waals surface area contributed by atoms with Crippen molar-refractivity contribution in [1.29, 1.82) is 0 Å². The van der Waals surface area contributed by atoms with Crippen LogP contribution in [0.15, 0.2) is 162 Å². The van der Waals surface area contributed by atoms with E-state index in [2.05, 4.69) is 0 Å². The van der Waals surface area contributed by atoms with E-state index in [1.165, 1.54) is 0 Å². The summed E-state index contributed by atoms with van der Waals surface area (Å²) in [6.07, 6.45) is 0. The average Bonchev–Trinajstić information content (AvgIpc) is 3.64. The number of rotatable bonds is 3. The predicted molar refractivity (Wildman–Crippen MR) is 183 cm³/mol. The lowest BCUT2D eigenvalue weighted by molar-refractivity contribution is 0.632. The van der Waals surface area contributed by atoms with Gasteiger partial charge in [-0.2, -0.15) is 0 Å². The monoisotopic (exact) mass is 563 g/mol. The highest BCUT2D eigenvalue weighted by Gasteiger charge is 2.24. The molecule has 0 N–H and O–H groups in total. The number of hydrogen-bond donors (Lipinski definition) is 0. The molecule has 0 amide bonds. The van der Waals surface area contributed by atoms with E-state index in [0.29, 0.717) is 16.5 Å². The fourth-order valence-electron chi connectivity index (χ4n) is 5.84. The molecule has 200 valence electrons. The van der Waals surface area contributed by atoms with Crippen molar-refractivity contribution in [2.45, 2.75) is 0 Å².